The number of aliphatic hydroxyl groups is 2. The third kappa shape index (κ3) is 6.15. The van der Waals surface area contributed by atoms with Crippen molar-refractivity contribution in [2.45, 2.75) is 51.1 Å². The van der Waals surface area contributed by atoms with E-state index in [1.54, 1.807) is 0 Å². The van der Waals surface area contributed by atoms with Crippen LogP contribution in [0, 0.1) is 0 Å². The topological polar surface area (TPSA) is 129 Å². The van der Waals surface area contributed by atoms with E-state index in [1.165, 1.54) is 0 Å². The summed E-state index contributed by atoms with van der Waals surface area (Å²) < 4.78 is 39.4. The summed E-state index contributed by atoms with van der Waals surface area (Å²) >= 11 is 0. The molecule has 1 fully saturated rings. The zero-order chi connectivity index (χ0) is 16.6. The molecule has 130 valence electrons. The van der Waals surface area contributed by atoms with Gasteiger partial charge in [-0.3, -0.25) is 0 Å². The molecular weight excluding hydrogens is 320 g/mol. The van der Waals surface area contributed by atoms with Gasteiger partial charge in [-0.05, 0) is 12.8 Å². The molecule has 0 aliphatic carbocycles. The van der Waals surface area contributed by atoms with Gasteiger partial charge in [-0.15, -0.1) is 0 Å². The van der Waals surface area contributed by atoms with Crippen molar-refractivity contribution in [3.8, 4) is 0 Å². The Hall–Kier alpha value is -0.780. The van der Waals surface area contributed by atoms with Crippen molar-refractivity contribution in [3.05, 3.63) is 0 Å². The SMILES string of the molecule is CCCCCCC(COCCO)OC(=O)C1(O)OS(=O)(=O)O1. The molecule has 1 aliphatic heterocycles. The molecule has 1 rings (SSSR count). The van der Waals surface area contributed by atoms with Crippen LogP contribution < -0.4 is 0 Å². The Morgan fingerprint density at radius 3 is 2.50 bits per heavy atom. The Labute approximate surface area is 129 Å². The summed E-state index contributed by atoms with van der Waals surface area (Å²) in [5.74, 6) is -4.27. The molecule has 1 atom stereocenters. The van der Waals surface area contributed by atoms with E-state index in [4.69, 9.17) is 14.6 Å². The van der Waals surface area contributed by atoms with E-state index in [-0.39, 0.29) is 19.8 Å². The van der Waals surface area contributed by atoms with Gasteiger partial charge in [-0.1, -0.05) is 26.2 Å². The number of hydrogen-bond acceptors (Lipinski definition) is 9. The minimum atomic E-state index is -4.33. The quantitative estimate of drug-likeness (QED) is 0.388. The van der Waals surface area contributed by atoms with Crippen LogP contribution in [0.15, 0.2) is 0 Å². The van der Waals surface area contributed by atoms with Crippen LogP contribution in [0.2, 0.25) is 0 Å². The largest absolute Gasteiger partial charge is 0.454 e. The minimum absolute atomic E-state index is 0.0151. The maximum Gasteiger partial charge on any atom is 0.416 e. The number of carbonyl (C=O) groups is 1. The van der Waals surface area contributed by atoms with E-state index in [0.717, 1.165) is 25.7 Å². The highest BCUT2D eigenvalue weighted by Crippen LogP contribution is 2.30. The van der Waals surface area contributed by atoms with E-state index >= 15 is 0 Å². The number of hydrogen-bond donors (Lipinski definition) is 2. The minimum Gasteiger partial charge on any atom is -0.454 e. The number of carbonyl (C=O) groups excluding carboxylic acids is 1. The predicted octanol–water partition coefficient (Wildman–Crippen LogP) is -0.185. The first kappa shape index (κ1) is 19.3. The first-order chi connectivity index (χ1) is 10.3. The van der Waals surface area contributed by atoms with Gasteiger partial charge in [0.15, 0.2) is 0 Å². The molecule has 0 amide bonds. The highest BCUT2D eigenvalue weighted by Gasteiger charge is 2.59. The fraction of sp³-hybridized carbons (Fsp3) is 0.917. The Kier molecular flexibility index (Phi) is 7.66. The zero-order valence-corrected chi connectivity index (χ0v) is 13.2. The Balaban J connectivity index is 2.46. The summed E-state index contributed by atoms with van der Waals surface area (Å²) in [6.07, 6.45) is 3.57. The molecule has 1 unspecified atom stereocenters. The van der Waals surface area contributed by atoms with Gasteiger partial charge in [0.1, 0.15) is 6.10 Å². The Morgan fingerprint density at radius 2 is 1.95 bits per heavy atom. The average Bonchev–Trinajstić information content (AvgIpc) is 2.41. The van der Waals surface area contributed by atoms with Crippen molar-refractivity contribution in [2.75, 3.05) is 19.8 Å². The van der Waals surface area contributed by atoms with Gasteiger partial charge in [-0.2, -0.15) is 16.8 Å². The van der Waals surface area contributed by atoms with Crippen molar-refractivity contribution in [2.24, 2.45) is 0 Å². The summed E-state index contributed by atoms with van der Waals surface area (Å²) in [5, 5.41) is 18.1. The monoisotopic (exact) mass is 342 g/mol. The van der Waals surface area contributed by atoms with Gasteiger partial charge < -0.3 is 19.7 Å². The highest BCUT2D eigenvalue weighted by atomic mass is 32.3. The standard InChI is InChI=1S/C12H22O9S/c1-2-3-4-5-6-10(9-18-8-7-13)19-11(14)12(15)20-22(16,17)21-12/h10,13,15H,2-9H2,1H3. The molecule has 1 aliphatic rings. The van der Waals surface area contributed by atoms with Crippen molar-refractivity contribution in [3.63, 3.8) is 0 Å². The van der Waals surface area contributed by atoms with Gasteiger partial charge in [0.2, 0.25) is 0 Å². The summed E-state index contributed by atoms with van der Waals surface area (Å²) in [5.41, 5.74) is 0. The molecule has 0 spiro atoms. The van der Waals surface area contributed by atoms with Gasteiger partial charge in [0.05, 0.1) is 19.8 Å². The highest BCUT2D eigenvalue weighted by molar-refractivity contribution is 7.82. The lowest BCUT2D eigenvalue weighted by Crippen LogP contribution is -2.57. The van der Waals surface area contributed by atoms with Gasteiger partial charge in [0.25, 0.3) is 0 Å². The average molecular weight is 342 g/mol. The number of ether oxygens (including phenoxy) is 2. The molecule has 2 N–H and O–H groups in total. The third-order valence-electron chi connectivity index (χ3n) is 2.88. The second-order valence-corrected chi connectivity index (χ2v) is 5.98. The van der Waals surface area contributed by atoms with E-state index in [2.05, 4.69) is 15.3 Å². The van der Waals surface area contributed by atoms with Crippen LogP contribution in [-0.2, 0) is 33.0 Å². The molecule has 1 saturated heterocycles. The molecule has 0 aromatic carbocycles. The molecule has 0 aromatic rings. The fourth-order valence-electron chi connectivity index (χ4n) is 1.83. The molecule has 0 aromatic heterocycles. The van der Waals surface area contributed by atoms with Crippen LogP contribution in [0.1, 0.15) is 39.0 Å². The molecule has 1 heterocycles. The zero-order valence-electron chi connectivity index (χ0n) is 12.4. The molecule has 10 heteroatoms. The van der Waals surface area contributed by atoms with Gasteiger partial charge >= 0.3 is 22.3 Å². The van der Waals surface area contributed by atoms with Crippen LogP contribution in [0.25, 0.3) is 0 Å². The second-order valence-electron chi connectivity index (χ2n) is 4.83. The van der Waals surface area contributed by atoms with Crippen molar-refractivity contribution < 1.29 is 41.3 Å². The van der Waals surface area contributed by atoms with E-state index in [9.17, 15) is 18.3 Å². The second kappa shape index (κ2) is 8.75. The Morgan fingerprint density at radius 1 is 1.27 bits per heavy atom. The van der Waals surface area contributed by atoms with E-state index in [1.807, 2.05) is 0 Å². The smallest absolute Gasteiger partial charge is 0.416 e. The Bertz CT molecular complexity index is 436. The molecule has 9 nitrogen and oxygen atoms in total. The summed E-state index contributed by atoms with van der Waals surface area (Å²) in [7, 11) is -4.33. The number of rotatable bonds is 11. The first-order valence-corrected chi connectivity index (χ1v) is 8.44. The summed E-state index contributed by atoms with van der Waals surface area (Å²) in [4.78, 5) is 11.7. The van der Waals surface area contributed by atoms with Crippen LogP contribution in [0.3, 0.4) is 0 Å². The summed E-state index contributed by atoms with van der Waals surface area (Å²) in [6.45, 7) is 1.98. The maximum atomic E-state index is 11.7. The van der Waals surface area contributed by atoms with Crippen molar-refractivity contribution in [1.29, 1.82) is 0 Å². The normalized spacial score (nSPS) is 20.1. The lowest BCUT2D eigenvalue weighted by Gasteiger charge is -2.32. The van der Waals surface area contributed by atoms with Crippen molar-refractivity contribution >= 4 is 16.4 Å². The number of unbranched alkanes of at least 4 members (excludes halogenated alkanes) is 3. The molecule has 0 radical (unpaired) electrons. The van der Waals surface area contributed by atoms with Crippen LogP contribution >= 0.6 is 0 Å². The van der Waals surface area contributed by atoms with Gasteiger partial charge in [0, 0.05) is 0 Å². The summed E-state index contributed by atoms with van der Waals surface area (Å²) in [6, 6.07) is 0. The van der Waals surface area contributed by atoms with E-state index in [0.29, 0.717) is 6.42 Å². The molecular formula is C12H22O9S. The lowest BCUT2D eigenvalue weighted by atomic mass is 10.1. The lowest BCUT2D eigenvalue weighted by molar-refractivity contribution is -0.318. The van der Waals surface area contributed by atoms with Crippen LogP contribution in [0.4, 0.5) is 0 Å². The molecule has 0 saturated carbocycles. The molecule has 22 heavy (non-hydrogen) atoms. The van der Waals surface area contributed by atoms with Crippen LogP contribution in [0.5, 0.6) is 0 Å². The van der Waals surface area contributed by atoms with E-state index < -0.39 is 28.4 Å². The van der Waals surface area contributed by atoms with Crippen molar-refractivity contribution in [1.82, 2.24) is 0 Å². The van der Waals surface area contributed by atoms with Gasteiger partial charge in [-0.25, -0.2) is 4.79 Å². The third-order valence-corrected chi connectivity index (χ3v) is 3.74. The maximum absolute atomic E-state index is 11.7. The number of aliphatic hydroxyl groups excluding tert-OH is 1. The predicted molar refractivity (Wildman–Crippen MR) is 72.6 cm³/mol. The molecule has 0 bridgehead atoms. The van der Waals surface area contributed by atoms with Crippen LogP contribution in [-0.4, -0.2) is 56.5 Å². The number of esters is 1. The fourth-order valence-corrected chi connectivity index (χ4v) is 2.53. The first-order valence-electron chi connectivity index (χ1n) is 7.11.